The molecule has 1 amide bonds. The summed E-state index contributed by atoms with van der Waals surface area (Å²) in [5.41, 5.74) is -0.664. The molecule has 1 aliphatic carbocycles. The molecule has 2 aliphatic rings. The van der Waals surface area contributed by atoms with E-state index in [1.54, 1.807) is 24.3 Å². The molecule has 1 aromatic rings. The van der Waals surface area contributed by atoms with Gasteiger partial charge in [0, 0.05) is 12.1 Å². The molecule has 0 bridgehead atoms. The molecule has 3 rings (SSSR count). The molecule has 1 aliphatic heterocycles. The second-order valence-corrected chi connectivity index (χ2v) is 7.32. The van der Waals surface area contributed by atoms with Gasteiger partial charge in [-0.25, -0.2) is 4.79 Å². The molecular weight excluding hydrogens is 332 g/mol. The standard InChI is InChI=1S/C20H28N2O4/c23-18(21-20(19(24)25)10-2-1-3-11-20)16-6-8-17(9-7-16)26-15-14-22-12-4-5-13-22/h6-9H,1-5,10-15H2,(H,21,23)(H,24,25). The molecule has 0 atom stereocenters. The summed E-state index contributed by atoms with van der Waals surface area (Å²) in [6, 6.07) is 6.93. The summed E-state index contributed by atoms with van der Waals surface area (Å²) >= 11 is 0. The van der Waals surface area contributed by atoms with Crippen molar-refractivity contribution in [3.8, 4) is 5.75 Å². The van der Waals surface area contributed by atoms with Crippen LogP contribution in [0.5, 0.6) is 5.75 Å². The number of carbonyl (C=O) groups excluding carboxylic acids is 1. The number of carbonyl (C=O) groups is 2. The zero-order valence-electron chi connectivity index (χ0n) is 15.2. The minimum Gasteiger partial charge on any atom is -0.492 e. The van der Waals surface area contributed by atoms with Crippen molar-refractivity contribution < 1.29 is 19.4 Å². The Morgan fingerprint density at radius 3 is 2.31 bits per heavy atom. The van der Waals surface area contributed by atoms with Gasteiger partial charge < -0.3 is 15.2 Å². The zero-order valence-corrected chi connectivity index (χ0v) is 15.2. The number of likely N-dealkylation sites (tertiary alicyclic amines) is 1. The summed E-state index contributed by atoms with van der Waals surface area (Å²) in [7, 11) is 0. The third-order valence-corrected chi connectivity index (χ3v) is 5.46. The summed E-state index contributed by atoms with van der Waals surface area (Å²) in [4.78, 5) is 26.6. The largest absolute Gasteiger partial charge is 0.492 e. The Bertz CT molecular complexity index is 617. The summed E-state index contributed by atoms with van der Waals surface area (Å²) in [6.45, 7) is 3.85. The molecule has 6 nitrogen and oxygen atoms in total. The summed E-state index contributed by atoms with van der Waals surface area (Å²) in [6.07, 6.45) is 6.20. The Labute approximate surface area is 154 Å². The highest BCUT2D eigenvalue weighted by molar-refractivity contribution is 5.98. The van der Waals surface area contributed by atoms with Gasteiger partial charge in [0.05, 0.1) is 0 Å². The van der Waals surface area contributed by atoms with Crippen LogP contribution in [0.25, 0.3) is 0 Å². The van der Waals surface area contributed by atoms with Gasteiger partial charge in [-0.15, -0.1) is 0 Å². The average Bonchev–Trinajstić information content (AvgIpc) is 3.16. The van der Waals surface area contributed by atoms with E-state index in [1.807, 2.05) is 0 Å². The molecule has 0 radical (unpaired) electrons. The molecule has 0 aromatic heterocycles. The van der Waals surface area contributed by atoms with Crippen LogP contribution in [0.2, 0.25) is 0 Å². The van der Waals surface area contributed by atoms with Crippen LogP contribution in [0.15, 0.2) is 24.3 Å². The van der Waals surface area contributed by atoms with Gasteiger partial charge in [-0.2, -0.15) is 0 Å². The van der Waals surface area contributed by atoms with Gasteiger partial charge in [0.2, 0.25) is 0 Å². The van der Waals surface area contributed by atoms with Crippen molar-refractivity contribution in [1.29, 1.82) is 0 Å². The van der Waals surface area contributed by atoms with E-state index >= 15 is 0 Å². The van der Waals surface area contributed by atoms with E-state index in [4.69, 9.17) is 4.74 Å². The third kappa shape index (κ3) is 4.55. The first kappa shape index (κ1) is 18.7. The number of rotatable bonds is 7. The lowest BCUT2D eigenvalue weighted by Gasteiger charge is -2.34. The van der Waals surface area contributed by atoms with E-state index in [2.05, 4.69) is 10.2 Å². The number of ether oxygens (including phenoxy) is 1. The molecule has 142 valence electrons. The molecule has 26 heavy (non-hydrogen) atoms. The molecule has 0 spiro atoms. The van der Waals surface area contributed by atoms with Gasteiger partial charge in [-0.1, -0.05) is 19.3 Å². The highest BCUT2D eigenvalue weighted by atomic mass is 16.5. The summed E-state index contributed by atoms with van der Waals surface area (Å²) in [5, 5.41) is 12.3. The third-order valence-electron chi connectivity index (χ3n) is 5.46. The topological polar surface area (TPSA) is 78.9 Å². The van der Waals surface area contributed by atoms with Crippen LogP contribution in [0.3, 0.4) is 0 Å². The SMILES string of the molecule is O=C(NC1(C(=O)O)CCCCC1)c1ccc(OCCN2CCCC2)cc1. The van der Waals surface area contributed by atoms with Crippen LogP contribution in [0.4, 0.5) is 0 Å². The highest BCUT2D eigenvalue weighted by Gasteiger charge is 2.41. The van der Waals surface area contributed by atoms with E-state index in [-0.39, 0.29) is 5.91 Å². The number of nitrogens with zero attached hydrogens (tertiary/aromatic N) is 1. The fraction of sp³-hybridized carbons (Fsp3) is 0.600. The average molecular weight is 360 g/mol. The lowest BCUT2D eigenvalue weighted by molar-refractivity contribution is -0.145. The summed E-state index contributed by atoms with van der Waals surface area (Å²) in [5.74, 6) is -0.545. The normalized spacial score (nSPS) is 19.8. The molecule has 1 heterocycles. The van der Waals surface area contributed by atoms with E-state index in [9.17, 15) is 14.7 Å². The maximum Gasteiger partial charge on any atom is 0.329 e. The van der Waals surface area contributed by atoms with Crippen molar-refractivity contribution in [1.82, 2.24) is 10.2 Å². The first-order chi connectivity index (χ1) is 12.6. The first-order valence-corrected chi connectivity index (χ1v) is 9.60. The van der Waals surface area contributed by atoms with Crippen LogP contribution in [-0.4, -0.2) is 53.7 Å². The van der Waals surface area contributed by atoms with Gasteiger partial charge >= 0.3 is 5.97 Å². The number of carboxylic acid groups (broad SMARTS) is 1. The molecule has 1 saturated carbocycles. The summed E-state index contributed by atoms with van der Waals surface area (Å²) < 4.78 is 5.74. The number of aliphatic carboxylic acids is 1. The quantitative estimate of drug-likeness (QED) is 0.782. The second-order valence-electron chi connectivity index (χ2n) is 7.32. The lowest BCUT2D eigenvalue weighted by Crippen LogP contribution is -2.55. The molecular formula is C20H28N2O4. The van der Waals surface area contributed by atoms with Gasteiger partial charge in [-0.05, 0) is 63.0 Å². The number of hydrogen-bond acceptors (Lipinski definition) is 4. The molecule has 1 saturated heterocycles. The predicted octanol–water partition coefficient (Wildman–Crippen LogP) is 2.68. The Hall–Kier alpha value is -2.08. The maximum absolute atomic E-state index is 12.5. The van der Waals surface area contributed by atoms with Crippen LogP contribution in [-0.2, 0) is 4.79 Å². The van der Waals surface area contributed by atoms with Crippen LogP contribution >= 0.6 is 0 Å². The zero-order chi connectivity index (χ0) is 18.4. The number of carboxylic acids is 1. The Morgan fingerprint density at radius 2 is 1.69 bits per heavy atom. The van der Waals surface area contributed by atoms with Crippen LogP contribution in [0.1, 0.15) is 55.3 Å². The number of nitrogens with one attached hydrogen (secondary N) is 1. The van der Waals surface area contributed by atoms with Crippen molar-refractivity contribution in [2.24, 2.45) is 0 Å². The molecule has 0 unspecified atom stereocenters. The highest BCUT2D eigenvalue weighted by Crippen LogP contribution is 2.29. The number of amides is 1. The predicted molar refractivity (Wildman–Crippen MR) is 98.5 cm³/mol. The molecule has 2 N–H and O–H groups in total. The Morgan fingerprint density at radius 1 is 1.04 bits per heavy atom. The minimum absolute atomic E-state index is 0.335. The van der Waals surface area contributed by atoms with Crippen LogP contribution < -0.4 is 10.1 Å². The van der Waals surface area contributed by atoms with Crippen LogP contribution in [0, 0.1) is 0 Å². The van der Waals surface area contributed by atoms with Crippen molar-refractivity contribution >= 4 is 11.9 Å². The number of hydrogen-bond donors (Lipinski definition) is 2. The monoisotopic (exact) mass is 360 g/mol. The maximum atomic E-state index is 12.5. The van der Waals surface area contributed by atoms with Crippen molar-refractivity contribution in [2.45, 2.75) is 50.5 Å². The Balaban J connectivity index is 1.53. The number of benzene rings is 1. The van der Waals surface area contributed by atoms with Gasteiger partial charge in [0.1, 0.15) is 17.9 Å². The second kappa shape index (κ2) is 8.54. The smallest absolute Gasteiger partial charge is 0.329 e. The first-order valence-electron chi connectivity index (χ1n) is 9.60. The van der Waals surface area contributed by atoms with Crippen molar-refractivity contribution in [3.63, 3.8) is 0 Å². The minimum atomic E-state index is -1.12. The Kier molecular flexibility index (Phi) is 6.14. The van der Waals surface area contributed by atoms with Gasteiger partial charge in [0.25, 0.3) is 5.91 Å². The fourth-order valence-electron chi connectivity index (χ4n) is 3.84. The van der Waals surface area contributed by atoms with Crippen molar-refractivity contribution in [2.75, 3.05) is 26.2 Å². The van der Waals surface area contributed by atoms with Gasteiger partial charge in [0.15, 0.2) is 0 Å². The van der Waals surface area contributed by atoms with E-state index in [1.165, 1.54) is 12.8 Å². The van der Waals surface area contributed by atoms with E-state index in [0.29, 0.717) is 25.0 Å². The molecule has 6 heteroatoms. The molecule has 2 fully saturated rings. The van der Waals surface area contributed by atoms with Gasteiger partial charge in [-0.3, -0.25) is 9.69 Å². The van der Waals surface area contributed by atoms with Crippen molar-refractivity contribution in [3.05, 3.63) is 29.8 Å². The molecule has 1 aromatic carbocycles. The van der Waals surface area contributed by atoms with E-state index in [0.717, 1.165) is 44.6 Å². The lowest BCUT2D eigenvalue weighted by atomic mass is 9.81. The fourth-order valence-corrected chi connectivity index (χ4v) is 3.84. The van der Waals surface area contributed by atoms with E-state index < -0.39 is 11.5 Å².